The summed E-state index contributed by atoms with van der Waals surface area (Å²) >= 11 is 0. The predicted molar refractivity (Wildman–Crippen MR) is 66.0 cm³/mol. The Morgan fingerprint density at radius 2 is 1.83 bits per heavy atom. The fourth-order valence-corrected chi connectivity index (χ4v) is 5.86. The highest BCUT2D eigenvalue weighted by Crippen LogP contribution is 2.21. The second kappa shape index (κ2) is 4.51. The zero-order valence-electron chi connectivity index (χ0n) is 9.34. The molecular weight excluding hydrogens is 281 g/mol. The number of hydrogen-bond acceptors (Lipinski definition) is 4. The number of anilines is 1. The van der Waals surface area contributed by atoms with Crippen molar-refractivity contribution in [2.75, 3.05) is 16.2 Å². The third kappa shape index (κ3) is 2.99. The molecule has 2 rings (SSSR count). The first-order valence-electron chi connectivity index (χ1n) is 5.26. The van der Waals surface area contributed by atoms with Gasteiger partial charge < -0.3 is 0 Å². The Bertz CT molecular complexity index is 637. The molecule has 1 heterocycles. The Morgan fingerprint density at radius 1 is 1.22 bits per heavy atom. The average molecular weight is 293 g/mol. The van der Waals surface area contributed by atoms with Crippen LogP contribution in [-0.2, 0) is 19.9 Å². The number of sulfonamides is 1. The Hall–Kier alpha value is -1.15. The molecule has 0 amide bonds. The largest absolute Gasteiger partial charge is 0.283 e. The van der Waals surface area contributed by atoms with Gasteiger partial charge in [-0.2, -0.15) is 0 Å². The summed E-state index contributed by atoms with van der Waals surface area (Å²) in [5.74, 6) is -0.938. The van der Waals surface area contributed by atoms with Gasteiger partial charge in [-0.05, 0) is 30.7 Å². The van der Waals surface area contributed by atoms with Crippen molar-refractivity contribution >= 4 is 25.5 Å². The predicted octanol–water partition coefficient (Wildman–Crippen LogP) is 0.754. The van der Waals surface area contributed by atoms with Crippen LogP contribution in [0.4, 0.5) is 10.1 Å². The molecule has 1 aromatic carbocycles. The van der Waals surface area contributed by atoms with Crippen LogP contribution in [0.2, 0.25) is 0 Å². The highest BCUT2D eigenvalue weighted by molar-refractivity contribution is 7.97. The summed E-state index contributed by atoms with van der Waals surface area (Å²) < 4.78 is 61.2. The van der Waals surface area contributed by atoms with Crippen LogP contribution in [0.1, 0.15) is 6.42 Å². The van der Waals surface area contributed by atoms with Crippen molar-refractivity contribution in [3.8, 4) is 0 Å². The van der Waals surface area contributed by atoms with Crippen LogP contribution in [-0.4, -0.2) is 33.6 Å². The summed E-state index contributed by atoms with van der Waals surface area (Å²) in [7, 11) is -7.01. The minimum atomic E-state index is -3.75. The van der Waals surface area contributed by atoms with Gasteiger partial charge in [-0.15, -0.1) is 0 Å². The van der Waals surface area contributed by atoms with Crippen molar-refractivity contribution in [3.63, 3.8) is 0 Å². The number of hydrogen-bond donors (Lipinski definition) is 1. The van der Waals surface area contributed by atoms with Gasteiger partial charge in [0, 0.05) is 5.69 Å². The van der Waals surface area contributed by atoms with E-state index in [9.17, 15) is 21.2 Å². The van der Waals surface area contributed by atoms with Crippen molar-refractivity contribution in [1.82, 2.24) is 0 Å². The average Bonchev–Trinajstić information content (AvgIpc) is 2.63. The van der Waals surface area contributed by atoms with E-state index in [0.717, 1.165) is 12.1 Å². The lowest BCUT2D eigenvalue weighted by molar-refractivity contribution is 0.587. The molecule has 1 fully saturated rings. The maximum Gasteiger partial charge on any atom is 0.236 e. The molecule has 0 radical (unpaired) electrons. The number of nitrogens with one attached hydrogen (secondary N) is 1. The van der Waals surface area contributed by atoms with Gasteiger partial charge in [0.25, 0.3) is 0 Å². The topological polar surface area (TPSA) is 80.3 Å². The molecule has 0 aliphatic carbocycles. The lowest BCUT2D eigenvalue weighted by Crippen LogP contribution is -2.28. The summed E-state index contributed by atoms with van der Waals surface area (Å²) in [6, 6.07) is 4.83. The van der Waals surface area contributed by atoms with Crippen molar-refractivity contribution in [3.05, 3.63) is 30.1 Å². The van der Waals surface area contributed by atoms with E-state index in [1.807, 2.05) is 0 Å². The normalized spacial score (nSPS) is 22.8. The molecule has 1 aliphatic heterocycles. The van der Waals surface area contributed by atoms with Gasteiger partial charge in [0.2, 0.25) is 10.0 Å². The minimum Gasteiger partial charge on any atom is -0.283 e. The highest BCUT2D eigenvalue weighted by Gasteiger charge is 2.37. The summed E-state index contributed by atoms with van der Waals surface area (Å²) in [6.45, 7) is 0. The van der Waals surface area contributed by atoms with Crippen LogP contribution in [0, 0.1) is 5.82 Å². The Morgan fingerprint density at radius 3 is 2.33 bits per heavy atom. The van der Waals surface area contributed by atoms with Crippen LogP contribution in [0.25, 0.3) is 0 Å². The summed E-state index contributed by atoms with van der Waals surface area (Å²) in [6.07, 6.45) is 0.0961. The molecule has 0 bridgehead atoms. The molecule has 100 valence electrons. The summed E-state index contributed by atoms with van der Waals surface area (Å²) in [5, 5.41) is -0.937. The molecule has 0 spiro atoms. The van der Waals surface area contributed by atoms with Crippen LogP contribution in [0.5, 0.6) is 0 Å². The molecule has 1 N–H and O–H groups in total. The van der Waals surface area contributed by atoms with Gasteiger partial charge in [-0.25, -0.2) is 21.2 Å². The zero-order valence-corrected chi connectivity index (χ0v) is 11.0. The fraction of sp³-hybridized carbons (Fsp3) is 0.400. The monoisotopic (exact) mass is 293 g/mol. The van der Waals surface area contributed by atoms with Crippen molar-refractivity contribution in [2.45, 2.75) is 11.7 Å². The van der Waals surface area contributed by atoms with Crippen LogP contribution >= 0.6 is 0 Å². The first-order chi connectivity index (χ1) is 8.28. The first-order valence-corrected chi connectivity index (χ1v) is 8.63. The third-order valence-corrected chi connectivity index (χ3v) is 6.51. The van der Waals surface area contributed by atoms with Gasteiger partial charge >= 0.3 is 0 Å². The Labute approximate surface area is 105 Å². The van der Waals surface area contributed by atoms with E-state index in [0.29, 0.717) is 0 Å². The molecule has 0 unspecified atom stereocenters. The lowest BCUT2D eigenvalue weighted by atomic mass is 10.3. The van der Waals surface area contributed by atoms with Gasteiger partial charge in [0.15, 0.2) is 9.84 Å². The standard InChI is InChI=1S/C10H12FNO4S2/c11-8-1-3-9(4-2-8)12-18(15,16)10-5-6-17(13,14)7-10/h1-4,10,12H,5-7H2/t10-/m1/s1. The SMILES string of the molecule is O=S1(=O)CC[C@@H](S(=O)(=O)Nc2ccc(F)cc2)C1. The van der Waals surface area contributed by atoms with Crippen molar-refractivity contribution in [2.24, 2.45) is 0 Å². The minimum absolute atomic E-state index is 0.0961. The molecule has 5 nitrogen and oxygen atoms in total. The Balaban J connectivity index is 2.15. The van der Waals surface area contributed by atoms with Crippen LogP contribution < -0.4 is 4.72 Å². The number of sulfone groups is 1. The van der Waals surface area contributed by atoms with Gasteiger partial charge in [-0.3, -0.25) is 4.72 Å². The van der Waals surface area contributed by atoms with E-state index in [-0.39, 0.29) is 23.6 Å². The van der Waals surface area contributed by atoms with E-state index in [2.05, 4.69) is 4.72 Å². The third-order valence-electron chi connectivity index (χ3n) is 2.73. The number of halogens is 1. The van der Waals surface area contributed by atoms with E-state index >= 15 is 0 Å². The van der Waals surface area contributed by atoms with E-state index in [4.69, 9.17) is 0 Å². The molecule has 0 saturated carbocycles. The fourth-order valence-electron chi connectivity index (χ4n) is 1.77. The van der Waals surface area contributed by atoms with Crippen molar-refractivity contribution in [1.29, 1.82) is 0 Å². The van der Waals surface area contributed by atoms with Crippen molar-refractivity contribution < 1.29 is 21.2 Å². The van der Waals surface area contributed by atoms with E-state index < -0.39 is 30.9 Å². The molecule has 1 aromatic rings. The molecule has 1 aliphatic rings. The van der Waals surface area contributed by atoms with E-state index in [1.165, 1.54) is 12.1 Å². The molecule has 1 saturated heterocycles. The summed E-state index contributed by atoms with van der Waals surface area (Å²) in [5.41, 5.74) is 0.223. The van der Waals surface area contributed by atoms with E-state index in [1.54, 1.807) is 0 Å². The summed E-state index contributed by atoms with van der Waals surface area (Å²) in [4.78, 5) is 0. The molecule has 18 heavy (non-hydrogen) atoms. The number of benzene rings is 1. The molecular formula is C10H12FNO4S2. The second-order valence-electron chi connectivity index (χ2n) is 4.18. The molecule has 1 atom stereocenters. The Kier molecular flexibility index (Phi) is 3.33. The first kappa shape index (κ1) is 13.3. The smallest absolute Gasteiger partial charge is 0.236 e. The van der Waals surface area contributed by atoms with Gasteiger partial charge in [-0.1, -0.05) is 0 Å². The molecule has 0 aromatic heterocycles. The second-order valence-corrected chi connectivity index (χ2v) is 8.37. The number of rotatable bonds is 3. The lowest BCUT2D eigenvalue weighted by Gasteiger charge is -2.12. The maximum atomic E-state index is 12.7. The zero-order chi connectivity index (χ0) is 13.4. The van der Waals surface area contributed by atoms with Gasteiger partial charge in [0.05, 0.1) is 16.8 Å². The van der Waals surface area contributed by atoms with Gasteiger partial charge in [0.1, 0.15) is 5.82 Å². The van der Waals surface area contributed by atoms with Crippen LogP contribution in [0.15, 0.2) is 24.3 Å². The molecule has 8 heteroatoms. The maximum absolute atomic E-state index is 12.7. The quantitative estimate of drug-likeness (QED) is 0.892. The van der Waals surface area contributed by atoms with Crippen LogP contribution in [0.3, 0.4) is 0 Å². The highest BCUT2D eigenvalue weighted by atomic mass is 32.2.